The van der Waals surface area contributed by atoms with Crippen molar-refractivity contribution < 1.29 is 0 Å². The van der Waals surface area contributed by atoms with E-state index in [0.717, 1.165) is 35.5 Å². The van der Waals surface area contributed by atoms with Gasteiger partial charge in [-0.25, -0.2) is 0 Å². The van der Waals surface area contributed by atoms with Gasteiger partial charge in [-0.15, -0.1) is 5.10 Å². The Labute approximate surface area is 124 Å². The van der Waals surface area contributed by atoms with Gasteiger partial charge in [-0.1, -0.05) is 12.1 Å². The molecule has 0 bridgehead atoms. The standard InChI is InChI=1S/C16H17N5/c1-10-11(2)19-20-16(13(10)8-17)21-7-6-12-4-3-5-15(18)14(12)9-21/h3-5H,6-7,9,18H2,1-2H3. The van der Waals surface area contributed by atoms with Crippen LogP contribution in [0.2, 0.25) is 0 Å². The Morgan fingerprint density at radius 3 is 2.86 bits per heavy atom. The summed E-state index contributed by atoms with van der Waals surface area (Å²) in [5.74, 6) is 0.662. The topological polar surface area (TPSA) is 78.8 Å². The van der Waals surface area contributed by atoms with Crippen LogP contribution >= 0.6 is 0 Å². The van der Waals surface area contributed by atoms with Gasteiger partial charge in [-0.3, -0.25) is 0 Å². The van der Waals surface area contributed by atoms with Crippen molar-refractivity contribution in [3.05, 3.63) is 46.1 Å². The van der Waals surface area contributed by atoms with E-state index in [9.17, 15) is 5.26 Å². The number of nitriles is 1. The van der Waals surface area contributed by atoms with Gasteiger partial charge in [0, 0.05) is 18.8 Å². The minimum Gasteiger partial charge on any atom is -0.398 e. The highest BCUT2D eigenvalue weighted by Gasteiger charge is 2.23. The molecule has 0 saturated heterocycles. The van der Waals surface area contributed by atoms with Crippen LogP contribution in [0.25, 0.3) is 0 Å². The molecule has 21 heavy (non-hydrogen) atoms. The Balaban J connectivity index is 2.03. The highest BCUT2D eigenvalue weighted by molar-refractivity contribution is 5.61. The Morgan fingerprint density at radius 2 is 2.10 bits per heavy atom. The Kier molecular flexibility index (Phi) is 3.22. The number of nitrogens with two attached hydrogens (primary N) is 1. The molecule has 1 aliphatic rings. The monoisotopic (exact) mass is 279 g/mol. The molecule has 0 amide bonds. The summed E-state index contributed by atoms with van der Waals surface area (Å²) >= 11 is 0. The van der Waals surface area contributed by atoms with Crippen LogP contribution in [0.1, 0.15) is 27.9 Å². The van der Waals surface area contributed by atoms with Crippen LogP contribution < -0.4 is 10.6 Å². The number of hydrogen-bond donors (Lipinski definition) is 1. The summed E-state index contributed by atoms with van der Waals surface area (Å²) in [5.41, 5.74) is 11.6. The molecule has 1 aromatic carbocycles. The van der Waals surface area contributed by atoms with Gasteiger partial charge in [0.15, 0.2) is 5.82 Å². The lowest BCUT2D eigenvalue weighted by Crippen LogP contribution is -2.32. The molecule has 2 heterocycles. The summed E-state index contributed by atoms with van der Waals surface area (Å²) in [6.45, 7) is 5.28. The zero-order valence-corrected chi connectivity index (χ0v) is 12.2. The van der Waals surface area contributed by atoms with E-state index >= 15 is 0 Å². The SMILES string of the molecule is Cc1nnc(N2CCc3cccc(N)c3C2)c(C#N)c1C. The zero-order valence-electron chi connectivity index (χ0n) is 12.2. The van der Waals surface area contributed by atoms with E-state index in [1.165, 1.54) is 5.56 Å². The molecule has 3 rings (SSSR count). The van der Waals surface area contributed by atoms with E-state index in [1.54, 1.807) is 0 Å². The van der Waals surface area contributed by atoms with Crippen LogP contribution in [-0.2, 0) is 13.0 Å². The van der Waals surface area contributed by atoms with Crippen molar-refractivity contribution >= 4 is 11.5 Å². The molecule has 0 radical (unpaired) electrons. The summed E-state index contributed by atoms with van der Waals surface area (Å²) in [7, 11) is 0. The Morgan fingerprint density at radius 1 is 1.29 bits per heavy atom. The first-order chi connectivity index (χ1) is 10.1. The summed E-state index contributed by atoms with van der Waals surface area (Å²) in [6, 6.07) is 8.28. The molecular weight excluding hydrogens is 262 g/mol. The third-order valence-corrected chi connectivity index (χ3v) is 4.16. The second-order valence-corrected chi connectivity index (χ2v) is 5.38. The Bertz CT molecular complexity index is 745. The van der Waals surface area contributed by atoms with Gasteiger partial charge in [0.2, 0.25) is 0 Å². The maximum absolute atomic E-state index is 9.44. The number of nitrogen functional groups attached to an aromatic ring is 1. The highest BCUT2D eigenvalue weighted by atomic mass is 15.3. The molecule has 0 spiro atoms. The minimum absolute atomic E-state index is 0.612. The van der Waals surface area contributed by atoms with E-state index in [0.29, 0.717) is 17.9 Å². The fraction of sp³-hybridized carbons (Fsp3) is 0.312. The number of aryl methyl sites for hydroxylation is 1. The summed E-state index contributed by atoms with van der Waals surface area (Å²) in [5, 5.41) is 17.9. The molecule has 106 valence electrons. The van der Waals surface area contributed by atoms with Crippen LogP contribution in [0.4, 0.5) is 11.5 Å². The van der Waals surface area contributed by atoms with Gasteiger partial charge in [-0.2, -0.15) is 10.4 Å². The van der Waals surface area contributed by atoms with Gasteiger partial charge in [0.25, 0.3) is 0 Å². The van der Waals surface area contributed by atoms with Crippen LogP contribution in [0, 0.1) is 25.2 Å². The molecule has 2 aromatic rings. The second kappa shape index (κ2) is 5.06. The van der Waals surface area contributed by atoms with Crippen molar-refractivity contribution in [2.24, 2.45) is 0 Å². The first kappa shape index (κ1) is 13.4. The maximum atomic E-state index is 9.44. The van der Waals surface area contributed by atoms with E-state index in [2.05, 4.69) is 27.2 Å². The molecule has 1 aliphatic heterocycles. The molecule has 5 heteroatoms. The quantitative estimate of drug-likeness (QED) is 0.809. The maximum Gasteiger partial charge on any atom is 0.169 e. The van der Waals surface area contributed by atoms with E-state index in [4.69, 9.17) is 5.73 Å². The average molecular weight is 279 g/mol. The van der Waals surface area contributed by atoms with Gasteiger partial charge in [-0.05, 0) is 43.0 Å². The average Bonchev–Trinajstić information content (AvgIpc) is 2.50. The second-order valence-electron chi connectivity index (χ2n) is 5.38. The predicted octanol–water partition coefficient (Wildman–Crippen LogP) is 2.11. The summed E-state index contributed by atoms with van der Waals surface area (Å²) in [4.78, 5) is 2.09. The van der Waals surface area contributed by atoms with E-state index in [1.807, 2.05) is 26.0 Å². The lowest BCUT2D eigenvalue weighted by molar-refractivity contribution is 0.710. The number of nitrogens with zero attached hydrogens (tertiary/aromatic N) is 4. The van der Waals surface area contributed by atoms with Crippen molar-refractivity contribution in [3.63, 3.8) is 0 Å². The van der Waals surface area contributed by atoms with Gasteiger partial charge in [0.05, 0.1) is 5.69 Å². The molecule has 5 nitrogen and oxygen atoms in total. The molecule has 0 fully saturated rings. The van der Waals surface area contributed by atoms with Crippen molar-refractivity contribution in [2.45, 2.75) is 26.8 Å². The molecule has 0 atom stereocenters. The lowest BCUT2D eigenvalue weighted by Gasteiger charge is -2.31. The Hall–Kier alpha value is -2.61. The highest BCUT2D eigenvalue weighted by Crippen LogP contribution is 2.29. The van der Waals surface area contributed by atoms with Crippen LogP contribution in [0.5, 0.6) is 0 Å². The van der Waals surface area contributed by atoms with Crippen molar-refractivity contribution in [1.29, 1.82) is 5.26 Å². The smallest absolute Gasteiger partial charge is 0.169 e. The predicted molar refractivity (Wildman–Crippen MR) is 81.8 cm³/mol. The molecule has 2 N–H and O–H groups in total. The summed E-state index contributed by atoms with van der Waals surface area (Å²) < 4.78 is 0. The van der Waals surface area contributed by atoms with Crippen LogP contribution in [-0.4, -0.2) is 16.7 Å². The molecule has 0 unspecified atom stereocenters. The number of anilines is 2. The van der Waals surface area contributed by atoms with Crippen molar-refractivity contribution in [3.8, 4) is 6.07 Å². The van der Waals surface area contributed by atoms with Gasteiger partial charge >= 0.3 is 0 Å². The molecule has 0 saturated carbocycles. The number of benzene rings is 1. The first-order valence-corrected chi connectivity index (χ1v) is 6.97. The molecule has 1 aromatic heterocycles. The number of aromatic nitrogens is 2. The number of hydrogen-bond acceptors (Lipinski definition) is 5. The molecule has 0 aliphatic carbocycles. The molecular formula is C16H17N5. The van der Waals surface area contributed by atoms with Crippen LogP contribution in [0.3, 0.4) is 0 Å². The lowest BCUT2D eigenvalue weighted by atomic mass is 9.97. The van der Waals surface area contributed by atoms with E-state index in [-0.39, 0.29) is 0 Å². The fourth-order valence-electron chi connectivity index (χ4n) is 2.74. The summed E-state index contributed by atoms with van der Waals surface area (Å²) in [6.07, 6.45) is 0.903. The third kappa shape index (κ3) is 2.19. The third-order valence-electron chi connectivity index (χ3n) is 4.16. The van der Waals surface area contributed by atoms with Gasteiger partial charge in [0.1, 0.15) is 11.6 Å². The van der Waals surface area contributed by atoms with Crippen molar-refractivity contribution in [2.75, 3.05) is 17.2 Å². The first-order valence-electron chi connectivity index (χ1n) is 6.97. The normalized spacial score (nSPS) is 13.7. The minimum atomic E-state index is 0.612. The number of rotatable bonds is 1. The van der Waals surface area contributed by atoms with Gasteiger partial charge < -0.3 is 10.6 Å². The van der Waals surface area contributed by atoms with Crippen molar-refractivity contribution in [1.82, 2.24) is 10.2 Å². The van der Waals surface area contributed by atoms with E-state index < -0.39 is 0 Å². The van der Waals surface area contributed by atoms with Crippen LogP contribution in [0.15, 0.2) is 18.2 Å². The number of fused-ring (bicyclic) bond motifs is 1. The fourth-order valence-corrected chi connectivity index (χ4v) is 2.74. The zero-order chi connectivity index (χ0) is 15.0. The largest absolute Gasteiger partial charge is 0.398 e.